The number of esters is 1. The molecule has 0 N–H and O–H groups in total. The van der Waals surface area contributed by atoms with Gasteiger partial charge < -0.3 is 23.5 Å². The van der Waals surface area contributed by atoms with Gasteiger partial charge in [-0.15, -0.1) is 0 Å². The molecule has 2 heterocycles. The predicted molar refractivity (Wildman–Crippen MR) is 137 cm³/mol. The van der Waals surface area contributed by atoms with Crippen molar-refractivity contribution in [3.63, 3.8) is 0 Å². The Morgan fingerprint density at radius 2 is 1.74 bits per heavy atom. The lowest BCUT2D eigenvalue weighted by Crippen LogP contribution is -2.41. The van der Waals surface area contributed by atoms with Gasteiger partial charge in [0.05, 0.1) is 42.9 Å². The Bertz CT molecular complexity index is 1020. The summed E-state index contributed by atoms with van der Waals surface area (Å²) >= 11 is 0. The van der Waals surface area contributed by atoms with Gasteiger partial charge in [0.25, 0.3) is 0 Å². The Morgan fingerprint density at radius 3 is 2.34 bits per heavy atom. The third-order valence-corrected chi connectivity index (χ3v) is 6.84. The van der Waals surface area contributed by atoms with Crippen LogP contribution in [0.2, 0.25) is 6.32 Å². The van der Waals surface area contributed by atoms with Crippen LogP contribution in [0.25, 0.3) is 11.3 Å². The highest BCUT2D eigenvalue weighted by Crippen LogP contribution is 2.42. The number of aromatic nitrogens is 1. The molecule has 190 valence electrons. The number of nitrogens with zero attached hydrogens (tertiary/aromatic N) is 1. The van der Waals surface area contributed by atoms with Crippen molar-refractivity contribution >= 4 is 13.1 Å². The normalized spacial score (nSPS) is 18.1. The molecule has 0 radical (unpaired) electrons. The number of ether oxygens (including phenoxy) is 3. The minimum Gasteiger partial charge on any atom is -0.493 e. The summed E-state index contributed by atoms with van der Waals surface area (Å²) in [4.78, 5) is 18.2. The SMILES string of the molecule is CCCOc1cc(-c2cccc(C(C)(CB3OC(C)(C)C(C)(C)O3)C(=O)OCC)n2)ccc1OC. The second-order valence-corrected chi connectivity index (χ2v) is 10.1. The molecular weight excluding hydrogens is 445 g/mol. The van der Waals surface area contributed by atoms with Crippen molar-refractivity contribution in [2.45, 2.75) is 77.8 Å². The van der Waals surface area contributed by atoms with Crippen molar-refractivity contribution < 1.29 is 28.3 Å². The Balaban J connectivity index is 1.98. The maximum atomic E-state index is 13.3. The lowest BCUT2D eigenvalue weighted by molar-refractivity contribution is -0.149. The zero-order chi connectivity index (χ0) is 25.9. The van der Waals surface area contributed by atoms with Crippen LogP contribution in [0.3, 0.4) is 0 Å². The Morgan fingerprint density at radius 1 is 1.06 bits per heavy atom. The van der Waals surface area contributed by atoms with Gasteiger partial charge in [0.2, 0.25) is 0 Å². The maximum Gasteiger partial charge on any atom is 0.459 e. The molecule has 7 nitrogen and oxygen atoms in total. The molecular formula is C27H38BNO6. The largest absolute Gasteiger partial charge is 0.493 e. The van der Waals surface area contributed by atoms with Crippen molar-refractivity contribution in [3.8, 4) is 22.8 Å². The molecule has 0 saturated carbocycles. The van der Waals surface area contributed by atoms with Crippen LogP contribution in [0.4, 0.5) is 0 Å². The van der Waals surface area contributed by atoms with Gasteiger partial charge in [0.15, 0.2) is 11.5 Å². The molecule has 0 aliphatic carbocycles. The van der Waals surface area contributed by atoms with E-state index in [0.717, 1.165) is 17.7 Å². The van der Waals surface area contributed by atoms with Gasteiger partial charge in [0, 0.05) is 11.9 Å². The monoisotopic (exact) mass is 483 g/mol. The van der Waals surface area contributed by atoms with E-state index in [0.29, 0.717) is 23.8 Å². The summed E-state index contributed by atoms with van der Waals surface area (Å²) in [6, 6.07) is 11.4. The van der Waals surface area contributed by atoms with Gasteiger partial charge >= 0.3 is 13.1 Å². The van der Waals surface area contributed by atoms with Crippen molar-refractivity contribution in [1.29, 1.82) is 0 Å². The van der Waals surface area contributed by atoms with E-state index < -0.39 is 23.7 Å². The van der Waals surface area contributed by atoms with Crippen LogP contribution in [-0.4, -0.2) is 49.6 Å². The summed E-state index contributed by atoms with van der Waals surface area (Å²) in [7, 11) is 1.04. The van der Waals surface area contributed by atoms with E-state index in [1.807, 2.05) is 71.0 Å². The molecule has 8 heteroatoms. The van der Waals surface area contributed by atoms with Gasteiger partial charge in [-0.1, -0.05) is 13.0 Å². The van der Waals surface area contributed by atoms with Gasteiger partial charge in [-0.05, 0) is 78.3 Å². The smallest absolute Gasteiger partial charge is 0.459 e. The predicted octanol–water partition coefficient (Wildman–Crippen LogP) is 5.46. The van der Waals surface area contributed by atoms with Crippen LogP contribution in [0.15, 0.2) is 36.4 Å². The van der Waals surface area contributed by atoms with Crippen molar-refractivity contribution in [2.24, 2.45) is 0 Å². The number of carbonyl (C=O) groups is 1. The van der Waals surface area contributed by atoms with E-state index in [2.05, 4.69) is 6.92 Å². The van der Waals surface area contributed by atoms with Crippen molar-refractivity contribution in [2.75, 3.05) is 20.3 Å². The first-order chi connectivity index (χ1) is 16.5. The third-order valence-electron chi connectivity index (χ3n) is 6.84. The van der Waals surface area contributed by atoms with Crippen LogP contribution in [0.1, 0.15) is 60.6 Å². The molecule has 0 bridgehead atoms. The van der Waals surface area contributed by atoms with E-state index in [4.69, 9.17) is 28.5 Å². The first-order valence-corrected chi connectivity index (χ1v) is 12.3. The van der Waals surface area contributed by atoms with Gasteiger partial charge in [-0.3, -0.25) is 9.78 Å². The highest BCUT2D eigenvalue weighted by molar-refractivity contribution is 6.46. The molecule has 1 saturated heterocycles. The summed E-state index contributed by atoms with van der Waals surface area (Å²) in [6.45, 7) is 14.5. The summed E-state index contributed by atoms with van der Waals surface area (Å²) in [6.07, 6.45) is 1.17. The minimum absolute atomic E-state index is 0.272. The van der Waals surface area contributed by atoms with Crippen LogP contribution in [0, 0.1) is 0 Å². The van der Waals surface area contributed by atoms with E-state index >= 15 is 0 Å². The molecule has 3 rings (SSSR count). The second kappa shape index (κ2) is 10.6. The van der Waals surface area contributed by atoms with Gasteiger partial charge in [-0.25, -0.2) is 0 Å². The number of pyridine rings is 1. The molecule has 1 aliphatic heterocycles. The van der Waals surface area contributed by atoms with Gasteiger partial charge in [0.1, 0.15) is 5.41 Å². The molecule has 1 aliphatic rings. The fraction of sp³-hybridized carbons (Fsp3) is 0.556. The lowest BCUT2D eigenvalue weighted by atomic mass is 9.67. The van der Waals surface area contributed by atoms with E-state index in [9.17, 15) is 4.79 Å². The standard InChI is InChI=1S/C27H38BNO6/c1-9-16-33-22-17-19(14-15-21(22)31-8)20-12-11-13-23(29-20)27(7,24(30)32-10-2)18-28-34-25(3,4)26(5,6)35-28/h11-15,17H,9-10,16,18H2,1-8H3. The second-order valence-electron chi connectivity index (χ2n) is 10.1. The molecule has 0 amide bonds. The molecule has 1 aromatic carbocycles. The van der Waals surface area contributed by atoms with E-state index in [1.165, 1.54) is 0 Å². The highest BCUT2D eigenvalue weighted by Gasteiger charge is 2.54. The molecule has 0 spiro atoms. The maximum absolute atomic E-state index is 13.3. The van der Waals surface area contributed by atoms with Crippen LogP contribution >= 0.6 is 0 Å². The number of hydrogen-bond donors (Lipinski definition) is 0. The zero-order valence-corrected chi connectivity index (χ0v) is 22.3. The number of benzene rings is 1. The fourth-order valence-corrected chi connectivity index (χ4v) is 4.03. The lowest BCUT2D eigenvalue weighted by Gasteiger charge is -2.32. The average Bonchev–Trinajstić information content (AvgIpc) is 3.02. The van der Waals surface area contributed by atoms with Crippen molar-refractivity contribution in [1.82, 2.24) is 4.98 Å². The molecule has 1 unspecified atom stereocenters. The molecule has 1 aromatic heterocycles. The fourth-order valence-electron chi connectivity index (χ4n) is 4.03. The molecule has 2 aromatic rings. The van der Waals surface area contributed by atoms with E-state index in [-0.39, 0.29) is 18.9 Å². The Hall–Kier alpha value is -2.58. The average molecular weight is 483 g/mol. The summed E-state index contributed by atoms with van der Waals surface area (Å²) in [5.74, 6) is 0.959. The summed E-state index contributed by atoms with van der Waals surface area (Å²) < 4.78 is 29.2. The van der Waals surface area contributed by atoms with Crippen LogP contribution < -0.4 is 9.47 Å². The number of hydrogen-bond acceptors (Lipinski definition) is 7. The summed E-state index contributed by atoms with van der Waals surface area (Å²) in [5.41, 5.74) is 0.105. The molecule has 35 heavy (non-hydrogen) atoms. The topological polar surface area (TPSA) is 76.1 Å². The van der Waals surface area contributed by atoms with Crippen molar-refractivity contribution in [3.05, 3.63) is 42.1 Å². The van der Waals surface area contributed by atoms with Gasteiger partial charge in [-0.2, -0.15) is 0 Å². The zero-order valence-electron chi connectivity index (χ0n) is 22.3. The minimum atomic E-state index is -1.07. The molecule has 1 fully saturated rings. The third kappa shape index (κ3) is 5.65. The van der Waals surface area contributed by atoms with E-state index in [1.54, 1.807) is 14.0 Å². The quantitative estimate of drug-likeness (QED) is 0.328. The number of carbonyl (C=O) groups excluding carboxylic acids is 1. The Kier molecular flexibility index (Phi) is 8.17. The number of rotatable bonds is 10. The Labute approximate surface area is 209 Å². The first-order valence-electron chi connectivity index (χ1n) is 12.3. The summed E-state index contributed by atoms with van der Waals surface area (Å²) in [5, 5.41) is 0. The molecule has 1 atom stereocenters. The highest BCUT2D eigenvalue weighted by atomic mass is 16.7. The number of methoxy groups -OCH3 is 1. The van der Waals surface area contributed by atoms with Crippen LogP contribution in [-0.2, 0) is 24.3 Å². The first kappa shape index (κ1) is 27.0. The van der Waals surface area contributed by atoms with Crippen LogP contribution in [0.5, 0.6) is 11.5 Å².